The van der Waals surface area contributed by atoms with Crippen molar-refractivity contribution in [3.05, 3.63) is 50.8 Å². The summed E-state index contributed by atoms with van der Waals surface area (Å²) in [6.07, 6.45) is -0.559. The summed E-state index contributed by atoms with van der Waals surface area (Å²) in [5.41, 5.74) is 1.55. The van der Waals surface area contributed by atoms with E-state index >= 15 is 0 Å². The minimum Gasteiger partial charge on any atom is -0.391 e. The average molecular weight is 499 g/mol. The van der Waals surface area contributed by atoms with E-state index in [4.69, 9.17) is 16.1 Å². The number of carbonyl (C=O) groups excluding carboxylic acids is 2. The molecule has 0 spiro atoms. The van der Waals surface area contributed by atoms with Gasteiger partial charge in [-0.15, -0.1) is 0 Å². The number of rotatable bonds is 6. The van der Waals surface area contributed by atoms with E-state index in [1.165, 1.54) is 4.90 Å². The molecule has 30 heavy (non-hydrogen) atoms. The highest BCUT2D eigenvalue weighted by molar-refractivity contribution is 9.10. The first-order valence-electron chi connectivity index (χ1n) is 9.80. The van der Waals surface area contributed by atoms with Crippen LogP contribution < -0.4 is 5.32 Å². The zero-order chi connectivity index (χ0) is 22.0. The maximum atomic E-state index is 13.3. The van der Waals surface area contributed by atoms with Crippen LogP contribution in [0.15, 0.2) is 33.3 Å². The van der Waals surface area contributed by atoms with Crippen molar-refractivity contribution in [1.29, 1.82) is 0 Å². The molecular formula is C21H25BrClN3O4. The Labute approximate surface area is 188 Å². The number of benzene rings is 1. The third-order valence-electron chi connectivity index (χ3n) is 5.22. The van der Waals surface area contributed by atoms with Crippen molar-refractivity contribution < 1.29 is 19.2 Å². The Bertz CT molecular complexity index is 933. The Balaban J connectivity index is 1.75. The largest absolute Gasteiger partial charge is 0.391 e. The molecule has 1 aromatic heterocycles. The van der Waals surface area contributed by atoms with E-state index in [2.05, 4.69) is 26.4 Å². The number of aromatic nitrogens is 1. The first kappa shape index (κ1) is 22.8. The second-order valence-electron chi connectivity index (χ2n) is 7.94. The molecule has 0 aliphatic carbocycles. The van der Waals surface area contributed by atoms with Crippen LogP contribution in [0.5, 0.6) is 0 Å². The number of carbonyl (C=O) groups is 2. The topological polar surface area (TPSA) is 95.7 Å². The van der Waals surface area contributed by atoms with Crippen LogP contribution in [0.4, 0.5) is 0 Å². The molecular weight excluding hydrogens is 474 g/mol. The molecule has 3 atom stereocenters. The number of amides is 2. The zero-order valence-electron chi connectivity index (χ0n) is 17.1. The zero-order valence-corrected chi connectivity index (χ0v) is 19.4. The molecule has 9 heteroatoms. The average Bonchev–Trinajstić information content (AvgIpc) is 3.26. The molecule has 1 unspecified atom stereocenters. The van der Waals surface area contributed by atoms with E-state index < -0.39 is 18.1 Å². The van der Waals surface area contributed by atoms with Gasteiger partial charge in [-0.25, -0.2) is 0 Å². The van der Waals surface area contributed by atoms with Crippen LogP contribution in [0.25, 0.3) is 0 Å². The molecule has 1 saturated heterocycles. The Morgan fingerprint density at radius 1 is 1.40 bits per heavy atom. The van der Waals surface area contributed by atoms with Crippen molar-refractivity contribution in [3.63, 3.8) is 0 Å². The normalized spacial score (nSPS) is 19.9. The van der Waals surface area contributed by atoms with Crippen LogP contribution in [0.2, 0.25) is 5.02 Å². The van der Waals surface area contributed by atoms with Crippen LogP contribution in [-0.4, -0.2) is 45.7 Å². The number of halogens is 2. The van der Waals surface area contributed by atoms with E-state index in [0.717, 1.165) is 10.0 Å². The van der Waals surface area contributed by atoms with Gasteiger partial charge in [-0.1, -0.05) is 52.6 Å². The number of aryl methyl sites for hydroxylation is 1. The van der Waals surface area contributed by atoms with Crippen molar-refractivity contribution in [3.8, 4) is 0 Å². The minimum absolute atomic E-state index is 0.0590. The fourth-order valence-electron chi connectivity index (χ4n) is 3.71. The van der Waals surface area contributed by atoms with Crippen LogP contribution in [0.3, 0.4) is 0 Å². The highest BCUT2D eigenvalue weighted by Crippen LogP contribution is 2.31. The Hall–Kier alpha value is -1.90. The highest BCUT2D eigenvalue weighted by Gasteiger charge is 2.43. The van der Waals surface area contributed by atoms with Gasteiger partial charge in [0.1, 0.15) is 17.7 Å². The number of nitrogens with one attached hydrogen (secondary N) is 1. The van der Waals surface area contributed by atoms with Gasteiger partial charge in [-0.2, -0.15) is 0 Å². The number of likely N-dealkylation sites (tertiary alicyclic amines) is 1. The van der Waals surface area contributed by atoms with Crippen molar-refractivity contribution in [2.45, 2.75) is 51.8 Å². The van der Waals surface area contributed by atoms with Crippen LogP contribution in [0, 0.1) is 12.8 Å². The highest BCUT2D eigenvalue weighted by atomic mass is 79.9. The molecule has 7 nitrogen and oxygen atoms in total. The molecule has 2 amide bonds. The van der Waals surface area contributed by atoms with Crippen molar-refractivity contribution >= 4 is 39.3 Å². The van der Waals surface area contributed by atoms with E-state index in [9.17, 15) is 14.7 Å². The quantitative estimate of drug-likeness (QED) is 0.636. The smallest absolute Gasteiger partial charge is 0.243 e. The standard InChI is InChI=1S/C21H25BrClN3O4/c1-11(2)19(18-6-12(3)25-30-18)21(29)26-10-15(27)8-17(26)20(28)24-9-13-4-5-14(23)7-16(13)22/h4-7,11,15,17,19,27H,8-10H2,1-3H3,(H,24,28)/t15-,17+,19?/m1/s1. The van der Waals surface area contributed by atoms with Gasteiger partial charge in [0.05, 0.1) is 11.8 Å². The maximum absolute atomic E-state index is 13.3. The van der Waals surface area contributed by atoms with Crippen molar-refractivity contribution in [2.24, 2.45) is 5.92 Å². The van der Waals surface area contributed by atoms with Gasteiger partial charge < -0.3 is 19.8 Å². The summed E-state index contributed by atoms with van der Waals surface area (Å²) in [5.74, 6) is -0.713. The monoisotopic (exact) mass is 497 g/mol. The number of β-amino-alcohol motifs (C(OH)–C–C–N with tert-alkyl or cyclic N) is 1. The minimum atomic E-state index is -0.753. The predicted molar refractivity (Wildman–Crippen MR) is 116 cm³/mol. The maximum Gasteiger partial charge on any atom is 0.243 e. The van der Waals surface area contributed by atoms with Crippen LogP contribution in [-0.2, 0) is 16.1 Å². The van der Waals surface area contributed by atoms with E-state index in [1.807, 2.05) is 19.9 Å². The number of hydrogen-bond acceptors (Lipinski definition) is 5. The Morgan fingerprint density at radius 3 is 2.73 bits per heavy atom. The van der Waals surface area contributed by atoms with Gasteiger partial charge >= 0.3 is 0 Å². The SMILES string of the molecule is Cc1cc(C(C(=O)N2C[C@H](O)C[C@H]2C(=O)NCc2ccc(Cl)cc2Br)C(C)C)on1. The summed E-state index contributed by atoms with van der Waals surface area (Å²) in [6.45, 7) is 6.01. The summed E-state index contributed by atoms with van der Waals surface area (Å²) >= 11 is 9.39. The third kappa shape index (κ3) is 5.04. The lowest BCUT2D eigenvalue weighted by atomic mass is 9.91. The van der Waals surface area contributed by atoms with Crippen LogP contribution >= 0.6 is 27.5 Å². The van der Waals surface area contributed by atoms with Gasteiger partial charge in [0, 0.05) is 35.1 Å². The number of nitrogens with zero attached hydrogens (tertiary/aromatic N) is 2. The number of aliphatic hydroxyl groups excluding tert-OH is 1. The molecule has 1 aliphatic heterocycles. The summed E-state index contributed by atoms with van der Waals surface area (Å²) in [7, 11) is 0. The molecule has 162 valence electrons. The summed E-state index contributed by atoms with van der Waals surface area (Å²) < 4.78 is 6.13. The first-order valence-corrected chi connectivity index (χ1v) is 11.0. The fraction of sp³-hybridized carbons (Fsp3) is 0.476. The van der Waals surface area contributed by atoms with Crippen LogP contribution in [0.1, 0.15) is 43.2 Å². The lowest BCUT2D eigenvalue weighted by Gasteiger charge is -2.28. The van der Waals surface area contributed by atoms with E-state index in [1.54, 1.807) is 25.1 Å². The molecule has 2 aromatic rings. The number of aliphatic hydroxyl groups is 1. The third-order valence-corrected chi connectivity index (χ3v) is 6.19. The molecule has 3 rings (SSSR count). The number of hydrogen-bond donors (Lipinski definition) is 2. The second-order valence-corrected chi connectivity index (χ2v) is 9.23. The van der Waals surface area contributed by atoms with E-state index in [0.29, 0.717) is 16.5 Å². The molecule has 1 aliphatic rings. The molecule has 0 saturated carbocycles. The summed E-state index contributed by atoms with van der Waals surface area (Å²) in [5, 5.41) is 17.5. The lowest BCUT2D eigenvalue weighted by Crippen LogP contribution is -2.48. The first-order chi connectivity index (χ1) is 14.2. The second kappa shape index (κ2) is 9.49. The Morgan fingerprint density at radius 2 is 2.13 bits per heavy atom. The fourth-order valence-corrected chi connectivity index (χ4v) is 4.54. The molecule has 2 N–H and O–H groups in total. The molecule has 1 aromatic carbocycles. The van der Waals surface area contributed by atoms with Gasteiger partial charge in [-0.05, 0) is 30.5 Å². The van der Waals surface area contributed by atoms with Gasteiger partial charge in [0.2, 0.25) is 11.8 Å². The van der Waals surface area contributed by atoms with Crippen molar-refractivity contribution in [1.82, 2.24) is 15.4 Å². The van der Waals surface area contributed by atoms with E-state index in [-0.39, 0.29) is 37.2 Å². The predicted octanol–water partition coefficient (Wildman–Crippen LogP) is 3.42. The Kier molecular flexibility index (Phi) is 7.21. The molecule has 1 fully saturated rings. The van der Waals surface area contributed by atoms with Gasteiger partial charge in [0.15, 0.2) is 0 Å². The summed E-state index contributed by atoms with van der Waals surface area (Å²) in [6, 6.07) is 6.31. The van der Waals surface area contributed by atoms with Crippen molar-refractivity contribution in [2.75, 3.05) is 6.54 Å². The molecule has 2 heterocycles. The molecule has 0 bridgehead atoms. The lowest BCUT2D eigenvalue weighted by molar-refractivity contribution is -0.141. The summed E-state index contributed by atoms with van der Waals surface area (Å²) in [4.78, 5) is 27.7. The van der Waals surface area contributed by atoms with Gasteiger partial charge in [0.25, 0.3) is 0 Å². The molecule has 0 radical (unpaired) electrons. The van der Waals surface area contributed by atoms with Gasteiger partial charge in [-0.3, -0.25) is 9.59 Å².